The van der Waals surface area contributed by atoms with Gasteiger partial charge in [0.15, 0.2) is 5.82 Å². The van der Waals surface area contributed by atoms with Crippen molar-refractivity contribution in [3.05, 3.63) is 48.4 Å². The summed E-state index contributed by atoms with van der Waals surface area (Å²) in [5.41, 5.74) is -0.293. The Labute approximate surface area is 158 Å². The van der Waals surface area contributed by atoms with Crippen LogP contribution in [0.3, 0.4) is 0 Å². The molecule has 1 fully saturated rings. The topological polar surface area (TPSA) is 88.5 Å². The molecule has 1 saturated carbocycles. The highest BCUT2D eigenvalue weighted by molar-refractivity contribution is 5.59. The van der Waals surface area contributed by atoms with Crippen LogP contribution in [0.2, 0.25) is 0 Å². The lowest BCUT2D eigenvalue weighted by Crippen LogP contribution is -2.12. The van der Waals surface area contributed by atoms with Crippen molar-refractivity contribution in [3.8, 4) is 11.5 Å². The summed E-state index contributed by atoms with van der Waals surface area (Å²) in [7, 11) is 0. The van der Waals surface area contributed by atoms with E-state index in [9.17, 15) is 13.2 Å². The second-order valence-corrected chi connectivity index (χ2v) is 6.54. The van der Waals surface area contributed by atoms with E-state index in [4.69, 9.17) is 0 Å². The molecule has 144 valence electrons. The lowest BCUT2D eigenvalue weighted by molar-refractivity contribution is -0.141. The van der Waals surface area contributed by atoms with Gasteiger partial charge >= 0.3 is 6.18 Å². The number of rotatable bonds is 5. The molecule has 2 atom stereocenters. The molecule has 3 aromatic rings. The van der Waals surface area contributed by atoms with Gasteiger partial charge in [0, 0.05) is 24.1 Å². The predicted molar refractivity (Wildman–Crippen MR) is 96.8 cm³/mol. The molecule has 3 heterocycles. The summed E-state index contributed by atoms with van der Waals surface area (Å²) in [6.07, 6.45) is -0.838. The van der Waals surface area contributed by atoms with Gasteiger partial charge in [-0.25, -0.2) is 0 Å². The average Bonchev–Trinajstić information content (AvgIpc) is 3.36. The summed E-state index contributed by atoms with van der Waals surface area (Å²) < 4.78 is 38.7. The SMILES string of the molecule is CC1CC1Nc1nc(Nc2ccnc(C(F)(F)F)c2)nc(-c2ccccn2)n1. The van der Waals surface area contributed by atoms with Crippen LogP contribution in [0.1, 0.15) is 19.0 Å². The molecular weight excluding hydrogens is 371 g/mol. The van der Waals surface area contributed by atoms with Crippen molar-refractivity contribution < 1.29 is 13.2 Å². The van der Waals surface area contributed by atoms with E-state index in [2.05, 4.69) is 42.5 Å². The van der Waals surface area contributed by atoms with E-state index in [0.717, 1.165) is 18.7 Å². The fourth-order valence-electron chi connectivity index (χ4n) is 2.59. The van der Waals surface area contributed by atoms with E-state index in [1.54, 1.807) is 24.4 Å². The summed E-state index contributed by atoms with van der Waals surface area (Å²) in [5.74, 6) is 1.29. The van der Waals surface area contributed by atoms with Crippen LogP contribution in [0.15, 0.2) is 42.7 Å². The maximum atomic E-state index is 12.9. The zero-order chi connectivity index (χ0) is 19.7. The van der Waals surface area contributed by atoms with Crippen molar-refractivity contribution in [3.63, 3.8) is 0 Å². The van der Waals surface area contributed by atoms with E-state index in [1.165, 1.54) is 6.07 Å². The first-order valence-corrected chi connectivity index (χ1v) is 8.63. The molecule has 4 rings (SSSR count). The molecule has 0 bridgehead atoms. The number of alkyl halides is 3. The third-order valence-corrected chi connectivity index (χ3v) is 4.26. The minimum Gasteiger partial charge on any atom is -0.351 e. The maximum Gasteiger partial charge on any atom is 0.433 e. The van der Waals surface area contributed by atoms with Crippen molar-refractivity contribution in [2.45, 2.75) is 25.6 Å². The molecule has 0 radical (unpaired) electrons. The highest BCUT2D eigenvalue weighted by Crippen LogP contribution is 2.33. The smallest absolute Gasteiger partial charge is 0.351 e. The van der Waals surface area contributed by atoms with Crippen LogP contribution in [-0.2, 0) is 6.18 Å². The Hall–Kier alpha value is -3.30. The van der Waals surface area contributed by atoms with Gasteiger partial charge in [0.2, 0.25) is 11.9 Å². The summed E-state index contributed by atoms with van der Waals surface area (Å²) >= 11 is 0. The van der Waals surface area contributed by atoms with Gasteiger partial charge in [0.1, 0.15) is 11.4 Å². The summed E-state index contributed by atoms with van der Waals surface area (Å²) in [4.78, 5) is 20.6. The standard InChI is InChI=1S/C18H16F3N7/c1-10-8-13(10)25-17-27-15(12-4-2-3-6-22-12)26-16(28-17)24-11-5-7-23-14(9-11)18(19,20)21/h2-7,9-10,13H,8H2,1H3,(H2,23,24,25,26,27,28). The van der Waals surface area contributed by atoms with Crippen LogP contribution in [0.4, 0.5) is 30.8 Å². The lowest BCUT2D eigenvalue weighted by Gasteiger charge is -2.11. The maximum absolute atomic E-state index is 12.9. The fourth-order valence-corrected chi connectivity index (χ4v) is 2.59. The van der Waals surface area contributed by atoms with Crippen molar-refractivity contribution in [1.82, 2.24) is 24.9 Å². The molecule has 2 N–H and O–H groups in total. The molecule has 2 unspecified atom stereocenters. The molecule has 3 aromatic heterocycles. The van der Waals surface area contributed by atoms with E-state index < -0.39 is 11.9 Å². The van der Waals surface area contributed by atoms with Gasteiger partial charge < -0.3 is 10.6 Å². The molecule has 10 heteroatoms. The van der Waals surface area contributed by atoms with E-state index in [0.29, 0.717) is 23.4 Å². The number of hydrogen-bond acceptors (Lipinski definition) is 7. The first-order valence-electron chi connectivity index (χ1n) is 8.63. The van der Waals surface area contributed by atoms with Gasteiger partial charge in [-0.3, -0.25) is 9.97 Å². The number of nitrogens with one attached hydrogen (secondary N) is 2. The number of halogens is 3. The van der Waals surface area contributed by atoms with Crippen molar-refractivity contribution in [2.75, 3.05) is 10.6 Å². The van der Waals surface area contributed by atoms with Gasteiger partial charge in [0.05, 0.1) is 0 Å². The fraction of sp³-hybridized carbons (Fsp3) is 0.278. The second kappa shape index (κ2) is 7.02. The molecule has 0 aliphatic heterocycles. The number of pyridine rings is 2. The predicted octanol–water partition coefficient (Wildman–Crippen LogP) is 3.91. The lowest BCUT2D eigenvalue weighted by atomic mass is 10.3. The van der Waals surface area contributed by atoms with E-state index in [-0.39, 0.29) is 17.7 Å². The largest absolute Gasteiger partial charge is 0.433 e. The normalized spacial score (nSPS) is 18.6. The quantitative estimate of drug-likeness (QED) is 0.686. The zero-order valence-electron chi connectivity index (χ0n) is 14.8. The highest BCUT2D eigenvalue weighted by atomic mass is 19.4. The van der Waals surface area contributed by atoms with Crippen LogP contribution < -0.4 is 10.6 Å². The summed E-state index contributed by atoms with van der Waals surface area (Å²) in [6.45, 7) is 2.10. The van der Waals surface area contributed by atoms with Gasteiger partial charge in [-0.15, -0.1) is 0 Å². The van der Waals surface area contributed by atoms with Crippen LogP contribution in [0, 0.1) is 5.92 Å². The van der Waals surface area contributed by atoms with Crippen molar-refractivity contribution in [2.24, 2.45) is 5.92 Å². The molecule has 0 spiro atoms. The Balaban J connectivity index is 1.67. The Morgan fingerprint density at radius 3 is 2.46 bits per heavy atom. The number of anilines is 3. The van der Waals surface area contributed by atoms with Crippen LogP contribution in [0.5, 0.6) is 0 Å². The Kier molecular flexibility index (Phi) is 4.54. The molecule has 28 heavy (non-hydrogen) atoms. The average molecular weight is 387 g/mol. The zero-order valence-corrected chi connectivity index (χ0v) is 14.8. The van der Waals surface area contributed by atoms with Gasteiger partial charge in [-0.2, -0.15) is 28.1 Å². The van der Waals surface area contributed by atoms with Crippen molar-refractivity contribution in [1.29, 1.82) is 0 Å². The third kappa shape index (κ3) is 4.16. The molecule has 0 aromatic carbocycles. The summed E-state index contributed by atoms with van der Waals surface area (Å²) in [6, 6.07) is 7.90. The Bertz CT molecular complexity index is 978. The number of aromatic nitrogens is 5. The van der Waals surface area contributed by atoms with Gasteiger partial charge in [0.25, 0.3) is 0 Å². The molecule has 0 saturated heterocycles. The third-order valence-electron chi connectivity index (χ3n) is 4.26. The van der Waals surface area contributed by atoms with Crippen LogP contribution in [-0.4, -0.2) is 31.0 Å². The number of hydrogen-bond donors (Lipinski definition) is 2. The molecular formula is C18H16F3N7. The second-order valence-electron chi connectivity index (χ2n) is 6.54. The Morgan fingerprint density at radius 1 is 1.00 bits per heavy atom. The van der Waals surface area contributed by atoms with Crippen LogP contribution >= 0.6 is 0 Å². The minimum absolute atomic E-state index is 0.116. The first kappa shape index (κ1) is 18.1. The van der Waals surface area contributed by atoms with E-state index in [1.807, 2.05) is 0 Å². The highest BCUT2D eigenvalue weighted by Gasteiger charge is 2.34. The first-order chi connectivity index (χ1) is 13.4. The van der Waals surface area contributed by atoms with Crippen LogP contribution in [0.25, 0.3) is 11.5 Å². The van der Waals surface area contributed by atoms with Crippen molar-refractivity contribution >= 4 is 17.6 Å². The van der Waals surface area contributed by atoms with Gasteiger partial charge in [-0.05, 0) is 36.6 Å². The number of nitrogens with zero attached hydrogens (tertiary/aromatic N) is 5. The molecule has 7 nitrogen and oxygen atoms in total. The summed E-state index contributed by atoms with van der Waals surface area (Å²) in [5, 5.41) is 6.02. The van der Waals surface area contributed by atoms with E-state index >= 15 is 0 Å². The minimum atomic E-state index is -4.54. The monoisotopic (exact) mass is 387 g/mol. The molecule has 1 aliphatic rings. The molecule has 1 aliphatic carbocycles. The van der Waals surface area contributed by atoms with Gasteiger partial charge in [-0.1, -0.05) is 13.0 Å². The Morgan fingerprint density at radius 2 is 1.79 bits per heavy atom. The molecule has 0 amide bonds.